The zero-order chi connectivity index (χ0) is 39.9. The van der Waals surface area contributed by atoms with E-state index in [-0.39, 0.29) is 62.7 Å². The van der Waals surface area contributed by atoms with Crippen molar-refractivity contribution in [1.29, 1.82) is 0 Å². The Morgan fingerprint density at radius 1 is 0.945 bits per heavy atom. The fourth-order valence-corrected chi connectivity index (χ4v) is 16.3. The van der Waals surface area contributed by atoms with Gasteiger partial charge in [-0.3, -0.25) is 14.4 Å². The minimum absolute atomic E-state index is 0.00754. The lowest BCUT2D eigenvalue weighted by molar-refractivity contribution is -0.223. The SMILES string of the molecule is CC(C)C1=C2C3CC[C@@H]4C5(C)CCC(OC(=O)[C@H]6C[C@@H](C(=O)O)C6(C)C)[C@@]6(C)C(C)[C@@]56CC[C@@]4(C)[C@]3(C)CC[C@@]2([C@@H](O)CNCc2cccc(Cl)c2)CC1=O. The van der Waals surface area contributed by atoms with Crippen molar-refractivity contribution in [2.75, 3.05) is 6.54 Å². The van der Waals surface area contributed by atoms with Gasteiger partial charge in [-0.1, -0.05) is 91.6 Å². The zero-order valence-electron chi connectivity index (χ0n) is 34.8. The van der Waals surface area contributed by atoms with Gasteiger partial charge >= 0.3 is 11.9 Å². The quantitative estimate of drug-likeness (QED) is 0.214. The minimum atomic E-state index is -0.823. The predicted molar refractivity (Wildman–Crippen MR) is 214 cm³/mol. The molecule has 7 aliphatic carbocycles. The first kappa shape index (κ1) is 39.6. The second kappa shape index (κ2) is 12.6. The maximum atomic E-state index is 14.1. The van der Waals surface area contributed by atoms with Gasteiger partial charge in [-0.2, -0.15) is 0 Å². The summed E-state index contributed by atoms with van der Waals surface area (Å²) in [5, 5.41) is 26.1. The third kappa shape index (κ3) is 4.96. The van der Waals surface area contributed by atoms with Crippen LogP contribution in [-0.2, 0) is 25.7 Å². The molecule has 6 saturated carbocycles. The maximum absolute atomic E-state index is 14.1. The van der Waals surface area contributed by atoms with Crippen molar-refractivity contribution in [2.45, 2.75) is 145 Å². The Bertz CT molecular complexity index is 1840. The molecule has 0 radical (unpaired) electrons. The highest BCUT2D eigenvalue weighted by molar-refractivity contribution is 6.30. The first-order chi connectivity index (χ1) is 25.7. The fraction of sp³-hybridized carbons (Fsp3) is 0.766. The van der Waals surface area contributed by atoms with E-state index in [9.17, 15) is 24.6 Å². The number of carbonyl (C=O) groups is 3. The normalized spacial score (nSPS) is 45.7. The number of Topliss-reactive ketones (excluding diaryl/α,β-unsaturated/α-hetero) is 1. The van der Waals surface area contributed by atoms with Gasteiger partial charge in [0.15, 0.2) is 5.78 Å². The highest BCUT2D eigenvalue weighted by Crippen LogP contribution is 2.90. The average molecular weight is 776 g/mol. The number of aliphatic hydroxyl groups excluding tert-OH is 1. The number of nitrogens with one attached hydrogen (secondary N) is 1. The van der Waals surface area contributed by atoms with E-state index in [4.69, 9.17) is 16.3 Å². The summed E-state index contributed by atoms with van der Waals surface area (Å²) in [7, 11) is 0. The molecule has 13 atom stereocenters. The molecule has 7 aliphatic rings. The molecule has 302 valence electrons. The van der Waals surface area contributed by atoms with Gasteiger partial charge in [-0.05, 0) is 132 Å². The van der Waals surface area contributed by atoms with Crippen LogP contribution in [0.5, 0.6) is 0 Å². The number of carboxylic acid groups (broad SMARTS) is 1. The summed E-state index contributed by atoms with van der Waals surface area (Å²) in [4.78, 5) is 39.7. The number of hydrogen-bond donors (Lipinski definition) is 3. The number of allylic oxidation sites excluding steroid dienone is 1. The highest BCUT2D eigenvalue weighted by Gasteiger charge is 2.86. The van der Waals surface area contributed by atoms with Gasteiger partial charge < -0.3 is 20.3 Å². The van der Waals surface area contributed by atoms with Crippen LogP contribution in [0.4, 0.5) is 0 Å². The van der Waals surface area contributed by atoms with Crippen LogP contribution >= 0.6 is 11.6 Å². The number of carbonyl (C=O) groups excluding carboxylic acids is 2. The molecule has 8 rings (SSSR count). The molecule has 7 nitrogen and oxygen atoms in total. The van der Waals surface area contributed by atoms with E-state index in [0.717, 1.165) is 62.5 Å². The summed E-state index contributed by atoms with van der Waals surface area (Å²) < 4.78 is 6.52. The van der Waals surface area contributed by atoms with Crippen LogP contribution in [0.3, 0.4) is 0 Å². The van der Waals surface area contributed by atoms with Gasteiger partial charge in [0, 0.05) is 35.4 Å². The van der Waals surface area contributed by atoms with Crippen molar-refractivity contribution < 1.29 is 29.3 Å². The van der Waals surface area contributed by atoms with E-state index >= 15 is 0 Å². The number of fused-ring (bicyclic) bond motifs is 6. The van der Waals surface area contributed by atoms with Gasteiger partial charge in [0.05, 0.1) is 17.9 Å². The number of aliphatic hydroxyl groups is 1. The van der Waals surface area contributed by atoms with E-state index in [1.807, 2.05) is 38.1 Å². The van der Waals surface area contributed by atoms with E-state index < -0.39 is 28.8 Å². The molecular formula is C47H66ClNO6. The third-order valence-corrected chi connectivity index (χ3v) is 19.7. The van der Waals surface area contributed by atoms with Crippen LogP contribution in [0, 0.1) is 73.4 Å². The molecule has 0 saturated heterocycles. The van der Waals surface area contributed by atoms with Crippen LogP contribution in [-0.4, -0.2) is 46.7 Å². The first-order valence-corrected chi connectivity index (χ1v) is 21.9. The van der Waals surface area contributed by atoms with Gasteiger partial charge in [0.25, 0.3) is 0 Å². The van der Waals surface area contributed by atoms with Crippen molar-refractivity contribution >= 4 is 29.3 Å². The Kier molecular flexibility index (Phi) is 9.10. The molecular weight excluding hydrogens is 710 g/mol. The van der Waals surface area contributed by atoms with Crippen LogP contribution < -0.4 is 5.32 Å². The largest absolute Gasteiger partial charge is 0.481 e. The van der Waals surface area contributed by atoms with E-state index in [1.165, 1.54) is 5.57 Å². The molecule has 4 unspecified atom stereocenters. The van der Waals surface area contributed by atoms with Crippen molar-refractivity contribution in [3.8, 4) is 0 Å². The predicted octanol–water partition coefficient (Wildman–Crippen LogP) is 9.43. The van der Waals surface area contributed by atoms with Crippen LogP contribution in [0.25, 0.3) is 0 Å². The molecule has 8 heteroatoms. The van der Waals surface area contributed by atoms with Crippen LogP contribution in [0.2, 0.25) is 5.02 Å². The summed E-state index contributed by atoms with van der Waals surface area (Å²) >= 11 is 6.26. The Labute approximate surface area is 334 Å². The monoisotopic (exact) mass is 775 g/mol. The molecule has 3 N–H and O–H groups in total. The molecule has 1 aromatic carbocycles. The summed E-state index contributed by atoms with van der Waals surface area (Å²) in [6.45, 7) is 21.7. The molecule has 6 fully saturated rings. The van der Waals surface area contributed by atoms with Gasteiger partial charge in [0.2, 0.25) is 0 Å². The van der Waals surface area contributed by atoms with Gasteiger partial charge in [-0.25, -0.2) is 0 Å². The first-order valence-electron chi connectivity index (χ1n) is 21.5. The number of aliphatic carboxylic acids is 1. The topological polar surface area (TPSA) is 113 Å². The number of rotatable bonds is 9. The summed E-state index contributed by atoms with van der Waals surface area (Å²) in [5.74, 6) is -0.354. The number of carboxylic acids is 1. The van der Waals surface area contributed by atoms with Crippen molar-refractivity contribution in [3.63, 3.8) is 0 Å². The van der Waals surface area contributed by atoms with E-state index in [1.54, 1.807) is 0 Å². The Balaban J connectivity index is 1.06. The maximum Gasteiger partial charge on any atom is 0.309 e. The van der Waals surface area contributed by atoms with E-state index in [0.29, 0.717) is 42.8 Å². The Morgan fingerprint density at radius 2 is 1.65 bits per heavy atom. The number of benzene rings is 1. The number of halogens is 1. The molecule has 55 heavy (non-hydrogen) atoms. The molecule has 0 aliphatic heterocycles. The average Bonchev–Trinajstić information content (AvgIpc) is 3.42. The fourth-order valence-electron chi connectivity index (χ4n) is 16.1. The summed E-state index contributed by atoms with van der Waals surface area (Å²) in [6.07, 6.45) is 8.05. The highest BCUT2D eigenvalue weighted by atomic mass is 35.5. The number of hydrogen-bond acceptors (Lipinski definition) is 6. The number of ether oxygens (including phenoxy) is 1. The van der Waals surface area contributed by atoms with Crippen LogP contribution in [0.1, 0.15) is 132 Å². The lowest BCUT2D eigenvalue weighted by Gasteiger charge is -2.71. The standard InChI is InChI=1S/C47H66ClNO6/c1-26(2)37-33(50)23-46(35(51)25-49-24-28-11-10-12-29(48)21-28)19-17-42(6)30(38(37)46)13-14-34-43(42,7)18-20-47-27(3)45(47,9)36(15-16-44(34,47)8)55-40(54)32-22-31(39(52)53)41(32,4)5/h10-12,21,26-27,30-32,34-36,49,51H,13-20,22-25H2,1-9H3,(H,52,53)/t27?,30?,31-,32+,34-,35-,36?,42+,43+,44?,45+,46-,47-/m0/s1. The second-order valence-corrected chi connectivity index (χ2v) is 21.8. The molecule has 0 amide bonds. The molecule has 0 bridgehead atoms. The summed E-state index contributed by atoms with van der Waals surface area (Å²) in [6, 6.07) is 7.83. The Hall–Kier alpha value is -2.22. The summed E-state index contributed by atoms with van der Waals surface area (Å²) in [5.41, 5.74) is 2.37. The lowest BCUT2D eigenvalue weighted by atomic mass is 9.33. The second-order valence-electron chi connectivity index (χ2n) is 21.4. The number of esters is 1. The zero-order valence-corrected chi connectivity index (χ0v) is 35.6. The lowest BCUT2D eigenvalue weighted by Crippen LogP contribution is -2.65. The third-order valence-electron chi connectivity index (χ3n) is 19.4. The van der Waals surface area contributed by atoms with Crippen molar-refractivity contribution in [2.24, 2.45) is 73.4 Å². The van der Waals surface area contributed by atoms with Crippen molar-refractivity contribution in [1.82, 2.24) is 5.32 Å². The van der Waals surface area contributed by atoms with Gasteiger partial charge in [0.1, 0.15) is 6.10 Å². The number of ketones is 1. The van der Waals surface area contributed by atoms with Gasteiger partial charge in [-0.15, -0.1) is 0 Å². The molecule has 0 aromatic heterocycles. The minimum Gasteiger partial charge on any atom is -0.481 e. The van der Waals surface area contributed by atoms with Crippen LogP contribution in [0.15, 0.2) is 35.4 Å². The molecule has 1 spiro atoms. The smallest absolute Gasteiger partial charge is 0.309 e. The molecule has 1 aromatic rings. The Morgan fingerprint density at radius 3 is 2.31 bits per heavy atom. The molecule has 0 heterocycles. The van der Waals surface area contributed by atoms with E-state index in [2.05, 4.69) is 53.8 Å². The van der Waals surface area contributed by atoms with Crippen molar-refractivity contribution in [3.05, 3.63) is 46.0 Å².